The minimum atomic E-state index is -3.41. The molecule has 0 heterocycles. The average Bonchev–Trinajstić information content (AvgIpc) is 2.65. The maximum atomic E-state index is 8.24. The van der Waals surface area contributed by atoms with Crippen LogP contribution in [0.25, 0.3) is 0 Å². The highest BCUT2D eigenvalue weighted by atomic mass is 14.0. The fraction of sp³-hybridized carbons (Fsp3) is 0.667. The number of aryl methyl sites for hydroxylation is 1. The fourth-order valence-corrected chi connectivity index (χ4v) is 1.55. The number of unbranched alkanes of at least 4 members (excludes halogenated alkanes) is 5. The maximum absolute atomic E-state index is 8.24. The molecule has 0 atom stereocenters. The Morgan fingerprint density at radius 2 is 1.67 bits per heavy atom. The lowest BCUT2D eigenvalue weighted by molar-refractivity contribution is 0.556. The molecule has 0 aromatic heterocycles. The Morgan fingerprint density at radius 1 is 0.889 bits per heavy atom. The van der Waals surface area contributed by atoms with Crippen LogP contribution in [0.1, 0.15) is 93.0 Å². The molecule has 1 aromatic carbocycles. The smallest absolute Gasteiger partial charge is 0.0626 e. The molecule has 0 N–H and O–H groups in total. The topological polar surface area (TPSA) is 0 Å². The van der Waals surface area contributed by atoms with Crippen LogP contribution in [0.2, 0.25) is 0 Å². The number of hydrogen-bond donors (Lipinski definition) is 0. The summed E-state index contributed by atoms with van der Waals surface area (Å²) in [5, 5.41) is 0. The summed E-state index contributed by atoms with van der Waals surface area (Å²) in [4.78, 5) is 0. The van der Waals surface area contributed by atoms with E-state index in [9.17, 15) is 0 Å². The molecule has 0 aliphatic rings. The lowest BCUT2D eigenvalue weighted by atomic mass is 10.0. The summed E-state index contributed by atoms with van der Waals surface area (Å²) in [5.74, 6) is 0. The first kappa shape index (κ1) is 5.31. The second-order valence-electron chi connectivity index (χ2n) is 4.15. The summed E-state index contributed by atoms with van der Waals surface area (Å²) in [5.41, 5.74) is -0.738. The van der Waals surface area contributed by atoms with Crippen molar-refractivity contribution in [3.05, 3.63) is 35.8 Å². The van der Waals surface area contributed by atoms with Crippen LogP contribution >= 0.6 is 0 Å². The number of hydrogen-bond acceptors (Lipinski definition) is 0. The molecule has 0 heteroatoms. The molecular formula is C18H30. The zero-order valence-electron chi connectivity index (χ0n) is 23.0. The van der Waals surface area contributed by atoms with Crippen LogP contribution in [0.15, 0.2) is 30.2 Å². The standard InChI is InChI=1S/C18H30/c1-2-3-4-5-6-7-8-9-10-12-15-18-16-13-11-14-17-18/h11,13-14,16-17H,2-10,12,15H2,1H3/i9T2,10T2,11T,12T2,13T,14T,15T2,16T. The normalized spacial score (nSPS) is 23.6. The van der Waals surface area contributed by atoms with Crippen molar-refractivity contribution >= 4 is 0 Å². The lowest BCUT2D eigenvalue weighted by Gasteiger charge is -2.03. The van der Waals surface area contributed by atoms with Gasteiger partial charge in [-0.25, -0.2) is 0 Å². The van der Waals surface area contributed by atoms with Gasteiger partial charge in [0.2, 0.25) is 0 Å². The maximum Gasteiger partial charge on any atom is 0.0626 e. The first-order chi connectivity index (χ1) is 13.6. The molecule has 0 unspecified atom stereocenters. The predicted molar refractivity (Wildman–Crippen MR) is 82.0 cm³/mol. The summed E-state index contributed by atoms with van der Waals surface area (Å²) in [6.45, 7) is 2.07. The Hall–Kier alpha value is -0.780. The van der Waals surface area contributed by atoms with Crippen molar-refractivity contribution in [1.82, 2.24) is 0 Å². The molecule has 0 aliphatic heterocycles. The molecule has 0 spiro atoms. The van der Waals surface area contributed by atoms with E-state index < -0.39 is 55.2 Å². The monoisotopic (exact) mass is 270 g/mol. The second-order valence-corrected chi connectivity index (χ2v) is 4.15. The molecule has 1 rings (SSSR count). The van der Waals surface area contributed by atoms with E-state index in [2.05, 4.69) is 6.92 Å². The van der Waals surface area contributed by atoms with E-state index in [0.29, 0.717) is 12.8 Å². The highest BCUT2D eigenvalue weighted by Crippen LogP contribution is 2.12. The van der Waals surface area contributed by atoms with Gasteiger partial charge >= 0.3 is 0 Å². The third kappa shape index (κ3) is 8.33. The highest BCUT2D eigenvalue weighted by Gasteiger charge is 1.94. The van der Waals surface area contributed by atoms with Crippen LogP contribution in [0.3, 0.4) is 0 Å². The van der Waals surface area contributed by atoms with Gasteiger partial charge in [-0.15, -0.1) is 0 Å². The van der Waals surface area contributed by atoms with Crippen molar-refractivity contribution in [3.8, 4) is 0 Å². The first-order valence-electron chi connectivity index (χ1n) is 12.6. The van der Waals surface area contributed by atoms with E-state index in [4.69, 9.17) is 16.4 Å². The van der Waals surface area contributed by atoms with Crippen LogP contribution in [0.4, 0.5) is 0 Å². The Morgan fingerprint density at radius 3 is 2.50 bits per heavy atom. The Labute approximate surface area is 131 Å². The zero-order chi connectivity index (χ0) is 23.5. The van der Waals surface area contributed by atoms with Gasteiger partial charge in [-0.3, -0.25) is 0 Å². The quantitative estimate of drug-likeness (QED) is 0.423. The highest BCUT2D eigenvalue weighted by molar-refractivity contribution is 5.14. The van der Waals surface area contributed by atoms with E-state index in [1.165, 1.54) is 0 Å². The molecular weight excluding hydrogens is 216 g/mol. The van der Waals surface area contributed by atoms with Crippen LogP contribution in [-0.4, -0.2) is 0 Å². The fourth-order valence-electron chi connectivity index (χ4n) is 1.55. The van der Waals surface area contributed by atoms with Gasteiger partial charge < -0.3 is 0 Å². The van der Waals surface area contributed by atoms with E-state index in [0.717, 1.165) is 31.7 Å². The van der Waals surface area contributed by atoms with Crippen LogP contribution < -0.4 is 0 Å². The van der Waals surface area contributed by atoms with Crippen molar-refractivity contribution in [2.24, 2.45) is 0 Å². The SMILES string of the molecule is [3H]c1cc(C([3H])([3H])C([3H])([3H])C([3H])([3H])C([3H])([3H])CCCCCCCC)c([3H])c([3H])c1[3H]. The summed E-state index contributed by atoms with van der Waals surface area (Å²) >= 11 is 0. The van der Waals surface area contributed by atoms with Gasteiger partial charge in [0.05, 0.1) is 5.48 Å². The molecule has 1 aromatic rings. The molecule has 18 heavy (non-hydrogen) atoms. The summed E-state index contributed by atoms with van der Waals surface area (Å²) in [7, 11) is 0. The Bertz CT molecular complexity index is 726. The van der Waals surface area contributed by atoms with Gasteiger partial charge in [-0.2, -0.15) is 0 Å². The van der Waals surface area contributed by atoms with Crippen LogP contribution in [-0.2, 0) is 6.37 Å². The van der Waals surface area contributed by atoms with Crippen molar-refractivity contribution in [1.29, 1.82) is 0 Å². The third-order valence-electron chi connectivity index (χ3n) is 2.55. The third-order valence-corrected chi connectivity index (χ3v) is 2.55. The molecule has 102 valence electrons. The van der Waals surface area contributed by atoms with Gasteiger partial charge in [-0.05, 0) is 18.3 Å². The minimum Gasteiger partial charge on any atom is -0.0654 e. The minimum absolute atomic E-state index is 0.283. The van der Waals surface area contributed by atoms with Crippen molar-refractivity contribution in [2.45, 2.75) is 77.4 Å². The molecule has 0 nitrogen and oxygen atoms in total. The average molecular weight is 271 g/mol. The predicted octanol–water partition coefficient (Wildman–Crippen LogP) is 6.15. The Kier molecular flexibility index (Phi) is 3.34. The van der Waals surface area contributed by atoms with Gasteiger partial charge in [0.25, 0.3) is 0 Å². The van der Waals surface area contributed by atoms with E-state index >= 15 is 0 Å². The van der Waals surface area contributed by atoms with Crippen molar-refractivity contribution < 1.29 is 16.4 Å². The van der Waals surface area contributed by atoms with E-state index in [-0.39, 0.29) is 6.42 Å². The summed E-state index contributed by atoms with van der Waals surface area (Å²) < 4.78 is 96.4. The molecule has 0 saturated carbocycles. The molecule has 0 aliphatic carbocycles. The largest absolute Gasteiger partial charge is 0.0654 e. The summed E-state index contributed by atoms with van der Waals surface area (Å²) in [6, 6.07) is -2.01. The van der Waals surface area contributed by atoms with Crippen molar-refractivity contribution in [3.63, 3.8) is 0 Å². The van der Waals surface area contributed by atoms with E-state index in [1.54, 1.807) is 0 Å². The molecule has 0 fully saturated rings. The number of benzene rings is 1. The van der Waals surface area contributed by atoms with Crippen LogP contribution in [0.5, 0.6) is 0 Å². The lowest BCUT2D eigenvalue weighted by Crippen LogP contribution is -1.86. The van der Waals surface area contributed by atoms with Crippen molar-refractivity contribution in [2.75, 3.05) is 0 Å². The van der Waals surface area contributed by atoms with Crippen LogP contribution in [0, 0.1) is 0 Å². The summed E-state index contributed by atoms with van der Waals surface area (Å²) in [6.07, 6.45) is -7.89. The van der Waals surface area contributed by atoms with E-state index in [1.807, 2.05) is 0 Å². The molecule has 0 saturated heterocycles. The first-order valence-corrected chi connectivity index (χ1v) is 6.64. The molecule has 0 amide bonds. The second kappa shape index (κ2) is 11.3. The van der Waals surface area contributed by atoms with Gasteiger partial charge in [-0.1, -0.05) is 94.9 Å². The van der Waals surface area contributed by atoms with Gasteiger partial charge in [0.1, 0.15) is 0 Å². The van der Waals surface area contributed by atoms with Gasteiger partial charge in [0.15, 0.2) is 0 Å². The molecule has 0 bridgehead atoms. The zero-order valence-corrected chi connectivity index (χ0v) is 11.0. The Balaban J connectivity index is 3.20. The number of rotatable bonds is 11. The molecule has 0 radical (unpaired) electrons. The van der Waals surface area contributed by atoms with Gasteiger partial charge in [0, 0.05) is 11.0 Å².